The Labute approximate surface area is 158 Å². The van der Waals surface area contributed by atoms with Gasteiger partial charge in [-0.05, 0) is 19.1 Å². The quantitative estimate of drug-likeness (QED) is 0.709. The number of para-hydroxylation sites is 1. The smallest absolute Gasteiger partial charge is 0.223 e. The van der Waals surface area contributed by atoms with Gasteiger partial charge < -0.3 is 18.9 Å². The molecule has 0 aliphatic carbocycles. The molecule has 1 aliphatic rings. The first-order valence-electron chi connectivity index (χ1n) is 9.05. The Bertz CT molecular complexity index is 1020. The first kappa shape index (κ1) is 17.4. The maximum absolute atomic E-state index is 11.9. The molecule has 1 unspecified atom stereocenters. The van der Waals surface area contributed by atoms with Crippen LogP contribution >= 0.6 is 0 Å². The number of hydrogen-bond donors (Lipinski definition) is 0. The van der Waals surface area contributed by atoms with Gasteiger partial charge in [-0.3, -0.25) is 4.79 Å². The van der Waals surface area contributed by atoms with Crippen molar-refractivity contribution in [2.45, 2.75) is 26.4 Å². The largest absolute Gasteiger partial charge is 0.493 e. The summed E-state index contributed by atoms with van der Waals surface area (Å²) >= 11 is 0. The fourth-order valence-corrected chi connectivity index (χ4v) is 3.41. The molecule has 4 rings (SSSR count). The van der Waals surface area contributed by atoms with Crippen LogP contribution in [0.3, 0.4) is 0 Å². The minimum absolute atomic E-state index is 0.0318. The van der Waals surface area contributed by atoms with Gasteiger partial charge >= 0.3 is 0 Å². The van der Waals surface area contributed by atoms with Crippen LogP contribution in [0.4, 0.5) is 5.69 Å². The lowest BCUT2D eigenvalue weighted by Gasteiger charge is -2.27. The second-order valence-corrected chi connectivity index (χ2v) is 6.89. The van der Waals surface area contributed by atoms with Crippen molar-refractivity contribution in [3.8, 4) is 11.5 Å². The van der Waals surface area contributed by atoms with Crippen LogP contribution in [0.25, 0.3) is 11.0 Å². The first-order valence-corrected chi connectivity index (χ1v) is 9.05. The van der Waals surface area contributed by atoms with Crippen molar-refractivity contribution in [1.82, 2.24) is 9.55 Å². The fourth-order valence-electron chi connectivity index (χ4n) is 3.41. The molecule has 1 aromatic heterocycles. The number of anilines is 1. The van der Waals surface area contributed by atoms with Crippen molar-refractivity contribution in [3.63, 3.8) is 0 Å². The highest BCUT2D eigenvalue weighted by Crippen LogP contribution is 2.39. The summed E-state index contributed by atoms with van der Waals surface area (Å²) in [6.45, 7) is 4.12. The molecule has 1 amide bonds. The normalized spacial score (nSPS) is 15.9. The molecule has 27 heavy (non-hydrogen) atoms. The molecule has 0 bridgehead atoms. The summed E-state index contributed by atoms with van der Waals surface area (Å²) in [7, 11) is 3.73. The number of rotatable bonds is 3. The number of carbonyl (C=O) groups is 1. The number of amides is 1. The third-order valence-corrected chi connectivity index (χ3v) is 5.19. The molecule has 0 fully saturated rings. The van der Waals surface area contributed by atoms with Crippen LogP contribution in [0.15, 0.2) is 36.4 Å². The summed E-state index contributed by atoms with van der Waals surface area (Å²) in [6, 6.07) is 11.8. The number of nitrogens with zero attached hydrogens (tertiary/aromatic N) is 3. The van der Waals surface area contributed by atoms with Crippen LogP contribution in [0.2, 0.25) is 0 Å². The summed E-state index contributed by atoms with van der Waals surface area (Å²) in [5, 5.41) is 0. The maximum atomic E-state index is 11.9. The van der Waals surface area contributed by atoms with Crippen molar-refractivity contribution < 1.29 is 14.3 Å². The van der Waals surface area contributed by atoms with Crippen LogP contribution in [0.5, 0.6) is 11.5 Å². The molecular weight excluding hydrogens is 342 g/mol. The number of fused-ring (bicyclic) bond motifs is 2. The van der Waals surface area contributed by atoms with E-state index in [2.05, 4.69) is 4.98 Å². The molecule has 140 valence electrons. The lowest BCUT2D eigenvalue weighted by atomic mass is 10.0. The van der Waals surface area contributed by atoms with E-state index in [-0.39, 0.29) is 12.0 Å². The number of aromatic nitrogens is 2. The summed E-state index contributed by atoms with van der Waals surface area (Å²) in [4.78, 5) is 18.2. The molecule has 2 aromatic carbocycles. The zero-order chi connectivity index (χ0) is 19.1. The molecule has 0 saturated heterocycles. The minimum atomic E-state index is -0.113. The summed E-state index contributed by atoms with van der Waals surface area (Å²) in [5.74, 6) is 2.40. The average Bonchev–Trinajstić information content (AvgIpc) is 2.96. The van der Waals surface area contributed by atoms with E-state index < -0.39 is 0 Å². The third-order valence-electron chi connectivity index (χ3n) is 5.19. The number of aryl methyl sites for hydroxylation is 2. The predicted molar refractivity (Wildman–Crippen MR) is 104 cm³/mol. The Morgan fingerprint density at radius 1 is 1.33 bits per heavy atom. The van der Waals surface area contributed by atoms with Gasteiger partial charge in [0, 0.05) is 44.8 Å². The molecule has 6 nitrogen and oxygen atoms in total. The summed E-state index contributed by atoms with van der Waals surface area (Å²) < 4.78 is 14.2. The number of hydrogen-bond acceptors (Lipinski definition) is 4. The second kappa shape index (κ2) is 6.61. The molecule has 0 radical (unpaired) electrons. The van der Waals surface area contributed by atoms with Gasteiger partial charge in [-0.15, -0.1) is 0 Å². The van der Waals surface area contributed by atoms with E-state index in [1.165, 1.54) is 0 Å². The van der Waals surface area contributed by atoms with Gasteiger partial charge in [0.25, 0.3) is 0 Å². The van der Waals surface area contributed by atoms with Crippen LogP contribution in [0.1, 0.15) is 30.8 Å². The topological polar surface area (TPSA) is 56.6 Å². The van der Waals surface area contributed by atoms with E-state index in [4.69, 9.17) is 9.47 Å². The highest BCUT2D eigenvalue weighted by molar-refractivity contribution is 5.95. The van der Waals surface area contributed by atoms with E-state index in [1.54, 1.807) is 18.9 Å². The van der Waals surface area contributed by atoms with Crippen LogP contribution < -0.4 is 14.4 Å². The number of carbonyl (C=O) groups excluding carboxylic acids is 1. The molecule has 0 N–H and O–H groups in total. The lowest BCUT2D eigenvalue weighted by molar-refractivity contribution is -0.116. The second-order valence-electron chi connectivity index (χ2n) is 6.89. The molecule has 1 aliphatic heterocycles. The van der Waals surface area contributed by atoms with Crippen LogP contribution in [-0.4, -0.2) is 29.1 Å². The monoisotopic (exact) mass is 365 g/mol. The zero-order valence-corrected chi connectivity index (χ0v) is 16.0. The predicted octanol–water partition coefficient (Wildman–Crippen LogP) is 3.77. The highest BCUT2D eigenvalue weighted by Gasteiger charge is 2.25. The average molecular weight is 365 g/mol. The van der Waals surface area contributed by atoms with Gasteiger partial charge in [-0.1, -0.05) is 18.2 Å². The molecule has 2 heterocycles. The van der Waals surface area contributed by atoms with E-state index in [0.29, 0.717) is 12.4 Å². The molecule has 6 heteroatoms. The summed E-state index contributed by atoms with van der Waals surface area (Å²) in [5.41, 5.74) is 3.57. The van der Waals surface area contributed by atoms with Crippen LogP contribution in [-0.2, 0) is 11.8 Å². The minimum Gasteiger partial charge on any atom is -0.493 e. The number of benzene rings is 2. The van der Waals surface area contributed by atoms with Crippen molar-refractivity contribution >= 4 is 22.6 Å². The Morgan fingerprint density at radius 3 is 2.89 bits per heavy atom. The van der Waals surface area contributed by atoms with Crippen molar-refractivity contribution in [3.05, 3.63) is 47.8 Å². The van der Waals surface area contributed by atoms with E-state index in [9.17, 15) is 4.79 Å². The first-order chi connectivity index (χ1) is 13.0. The SMILES string of the molecule is CC(=O)N(C)c1cc(OC2CCOc3ccccc32)c2nc(C)n(C)c2c1. The van der Waals surface area contributed by atoms with Gasteiger partial charge in [0.2, 0.25) is 5.91 Å². The molecular formula is C21H23N3O3. The van der Waals surface area contributed by atoms with Gasteiger partial charge in [-0.2, -0.15) is 0 Å². The Morgan fingerprint density at radius 2 is 2.11 bits per heavy atom. The van der Waals surface area contributed by atoms with Crippen LogP contribution in [0, 0.1) is 6.92 Å². The zero-order valence-electron chi connectivity index (χ0n) is 16.0. The van der Waals surface area contributed by atoms with E-state index in [1.807, 2.05) is 54.9 Å². The van der Waals surface area contributed by atoms with Crippen molar-refractivity contribution in [2.75, 3.05) is 18.6 Å². The van der Waals surface area contributed by atoms with E-state index >= 15 is 0 Å². The van der Waals surface area contributed by atoms with Gasteiger partial charge in [0.05, 0.1) is 12.1 Å². The van der Waals surface area contributed by atoms with Crippen molar-refractivity contribution in [2.24, 2.45) is 7.05 Å². The summed E-state index contributed by atoms with van der Waals surface area (Å²) in [6.07, 6.45) is 0.648. The lowest BCUT2D eigenvalue weighted by Crippen LogP contribution is -2.23. The molecule has 3 aromatic rings. The Balaban J connectivity index is 1.81. The molecule has 1 atom stereocenters. The molecule has 0 saturated carbocycles. The van der Waals surface area contributed by atoms with Gasteiger partial charge in [0.1, 0.15) is 28.9 Å². The standard InChI is InChI=1S/C21H23N3O3/c1-13-22-21-17(23(13)3)11-15(24(4)14(2)25)12-20(21)27-19-9-10-26-18-8-6-5-7-16(18)19/h5-8,11-12,19H,9-10H2,1-4H3. The Hall–Kier alpha value is -3.02. The Kier molecular flexibility index (Phi) is 4.26. The van der Waals surface area contributed by atoms with E-state index in [0.717, 1.165) is 40.3 Å². The number of imidazole rings is 1. The van der Waals surface area contributed by atoms with Gasteiger partial charge in [0.15, 0.2) is 0 Å². The highest BCUT2D eigenvalue weighted by atomic mass is 16.5. The van der Waals surface area contributed by atoms with Crippen molar-refractivity contribution in [1.29, 1.82) is 0 Å². The fraction of sp³-hybridized carbons (Fsp3) is 0.333. The van der Waals surface area contributed by atoms with Gasteiger partial charge in [-0.25, -0.2) is 4.98 Å². The third kappa shape index (κ3) is 3.01. The maximum Gasteiger partial charge on any atom is 0.223 e. The number of ether oxygens (including phenoxy) is 2. The molecule has 0 spiro atoms.